The zero-order valence-corrected chi connectivity index (χ0v) is 14.3. The number of hydrogen-bond acceptors (Lipinski definition) is 2. The van der Waals surface area contributed by atoms with Crippen LogP contribution in [0.15, 0.2) is 0 Å². The van der Waals surface area contributed by atoms with Crippen molar-refractivity contribution in [1.82, 2.24) is 10.2 Å². The monoisotopic (exact) mass is 280 g/mol. The lowest BCUT2D eigenvalue weighted by Crippen LogP contribution is -2.65. The maximum absolute atomic E-state index is 3.88. The summed E-state index contributed by atoms with van der Waals surface area (Å²) in [5.41, 5.74) is 0.392. The number of nitrogens with zero attached hydrogens (tertiary/aromatic N) is 1. The molecule has 2 fully saturated rings. The van der Waals surface area contributed by atoms with Gasteiger partial charge in [-0.15, -0.1) is 0 Å². The van der Waals surface area contributed by atoms with Crippen molar-refractivity contribution in [2.45, 2.75) is 96.7 Å². The van der Waals surface area contributed by atoms with E-state index in [4.69, 9.17) is 0 Å². The van der Waals surface area contributed by atoms with Gasteiger partial charge in [0.1, 0.15) is 0 Å². The van der Waals surface area contributed by atoms with Crippen LogP contribution in [0.2, 0.25) is 0 Å². The number of hydrogen-bond donors (Lipinski definition) is 1. The molecule has 0 aromatic heterocycles. The van der Waals surface area contributed by atoms with Gasteiger partial charge in [-0.2, -0.15) is 0 Å². The van der Waals surface area contributed by atoms with Crippen molar-refractivity contribution < 1.29 is 0 Å². The Bertz CT molecular complexity index is 287. The number of piperazine rings is 1. The van der Waals surface area contributed by atoms with Gasteiger partial charge in [0.25, 0.3) is 0 Å². The Kier molecular flexibility index (Phi) is 5.92. The smallest absolute Gasteiger partial charge is 0.0309 e. The minimum absolute atomic E-state index is 0.392. The summed E-state index contributed by atoms with van der Waals surface area (Å²) >= 11 is 0. The van der Waals surface area contributed by atoms with Crippen molar-refractivity contribution in [2.24, 2.45) is 5.92 Å². The summed E-state index contributed by atoms with van der Waals surface area (Å²) in [4.78, 5) is 2.83. The predicted octanol–water partition coefficient (Wildman–Crippen LogP) is 4.20. The SMILES string of the molecule is CCCCCCC(C)N1CC(C)(C2CC2)NCC1CC. The molecule has 118 valence electrons. The summed E-state index contributed by atoms with van der Waals surface area (Å²) in [5.74, 6) is 0.940. The molecule has 1 saturated carbocycles. The topological polar surface area (TPSA) is 15.3 Å². The van der Waals surface area contributed by atoms with E-state index in [2.05, 4.69) is 37.9 Å². The van der Waals surface area contributed by atoms with Crippen molar-refractivity contribution in [3.05, 3.63) is 0 Å². The van der Waals surface area contributed by atoms with E-state index in [-0.39, 0.29) is 0 Å². The first kappa shape index (κ1) is 16.3. The van der Waals surface area contributed by atoms with Gasteiger partial charge >= 0.3 is 0 Å². The quantitative estimate of drug-likeness (QED) is 0.670. The van der Waals surface area contributed by atoms with Gasteiger partial charge < -0.3 is 5.32 Å². The van der Waals surface area contributed by atoms with E-state index in [9.17, 15) is 0 Å². The first-order valence-corrected chi connectivity index (χ1v) is 9.11. The molecule has 1 N–H and O–H groups in total. The molecule has 2 rings (SSSR count). The molecule has 3 atom stereocenters. The van der Waals surface area contributed by atoms with Crippen molar-refractivity contribution >= 4 is 0 Å². The second kappa shape index (κ2) is 7.26. The number of unbranched alkanes of at least 4 members (excludes halogenated alkanes) is 3. The molecule has 1 aliphatic heterocycles. The Balaban J connectivity index is 1.87. The van der Waals surface area contributed by atoms with Gasteiger partial charge in [-0.25, -0.2) is 0 Å². The molecule has 2 aliphatic rings. The second-order valence-electron chi connectivity index (χ2n) is 7.51. The first-order chi connectivity index (χ1) is 9.60. The molecule has 1 aliphatic carbocycles. The van der Waals surface area contributed by atoms with Crippen LogP contribution in [0.4, 0.5) is 0 Å². The van der Waals surface area contributed by atoms with Crippen LogP contribution in [0, 0.1) is 5.92 Å². The van der Waals surface area contributed by atoms with Gasteiger partial charge in [0.05, 0.1) is 0 Å². The van der Waals surface area contributed by atoms with Crippen molar-refractivity contribution in [2.75, 3.05) is 13.1 Å². The molecule has 1 heterocycles. The lowest BCUT2D eigenvalue weighted by Gasteiger charge is -2.49. The lowest BCUT2D eigenvalue weighted by atomic mass is 9.89. The Morgan fingerprint density at radius 2 is 1.95 bits per heavy atom. The standard InChI is InChI=1S/C18H36N2/c1-5-7-8-9-10-15(3)20-14-18(4,16-11-12-16)19-13-17(20)6-2/h15-17,19H,5-14H2,1-4H3. The fourth-order valence-electron chi connectivity index (χ4n) is 3.95. The molecule has 0 amide bonds. The van der Waals surface area contributed by atoms with Crippen LogP contribution in [0.3, 0.4) is 0 Å². The summed E-state index contributed by atoms with van der Waals surface area (Å²) in [7, 11) is 0. The maximum Gasteiger partial charge on any atom is 0.0309 e. The molecular formula is C18H36N2. The summed E-state index contributed by atoms with van der Waals surface area (Å²) in [5, 5.41) is 3.88. The third kappa shape index (κ3) is 3.98. The second-order valence-corrected chi connectivity index (χ2v) is 7.51. The largest absolute Gasteiger partial charge is 0.308 e. The number of nitrogens with one attached hydrogen (secondary N) is 1. The van der Waals surface area contributed by atoms with E-state index in [0.717, 1.165) is 18.0 Å². The molecule has 20 heavy (non-hydrogen) atoms. The zero-order chi connectivity index (χ0) is 14.6. The first-order valence-electron chi connectivity index (χ1n) is 9.11. The summed E-state index contributed by atoms with van der Waals surface area (Å²) in [6.45, 7) is 12.0. The van der Waals surface area contributed by atoms with Crippen LogP contribution in [-0.4, -0.2) is 35.6 Å². The van der Waals surface area contributed by atoms with Gasteiger partial charge in [0.15, 0.2) is 0 Å². The number of rotatable bonds is 8. The predicted molar refractivity (Wildman–Crippen MR) is 88.1 cm³/mol. The van der Waals surface area contributed by atoms with Crippen molar-refractivity contribution in [1.29, 1.82) is 0 Å². The van der Waals surface area contributed by atoms with Gasteiger partial charge in [0, 0.05) is 30.7 Å². The van der Waals surface area contributed by atoms with Crippen LogP contribution in [-0.2, 0) is 0 Å². The highest BCUT2D eigenvalue weighted by Gasteiger charge is 2.46. The minimum Gasteiger partial charge on any atom is -0.308 e. The molecule has 3 unspecified atom stereocenters. The Labute approximate surface area is 126 Å². The molecule has 0 aromatic rings. The maximum atomic E-state index is 3.88. The van der Waals surface area contributed by atoms with Gasteiger partial charge in [-0.1, -0.05) is 39.5 Å². The molecule has 2 nitrogen and oxygen atoms in total. The molecule has 0 bridgehead atoms. The molecule has 0 radical (unpaired) electrons. The summed E-state index contributed by atoms with van der Waals surface area (Å²) in [6.07, 6.45) is 11.1. The lowest BCUT2D eigenvalue weighted by molar-refractivity contribution is 0.0387. The van der Waals surface area contributed by atoms with Gasteiger partial charge in [0.2, 0.25) is 0 Å². The fraction of sp³-hybridized carbons (Fsp3) is 1.00. The van der Waals surface area contributed by atoms with Gasteiger partial charge in [-0.3, -0.25) is 4.90 Å². The third-order valence-corrected chi connectivity index (χ3v) is 5.71. The van der Waals surface area contributed by atoms with E-state index >= 15 is 0 Å². The highest BCUT2D eigenvalue weighted by Crippen LogP contribution is 2.42. The molecule has 2 heteroatoms. The third-order valence-electron chi connectivity index (χ3n) is 5.71. The normalized spacial score (nSPS) is 33.3. The van der Waals surface area contributed by atoms with Crippen LogP contribution in [0.1, 0.15) is 79.1 Å². The van der Waals surface area contributed by atoms with E-state index in [1.165, 1.54) is 64.5 Å². The fourth-order valence-corrected chi connectivity index (χ4v) is 3.95. The Morgan fingerprint density at radius 3 is 2.55 bits per heavy atom. The van der Waals surface area contributed by atoms with Gasteiger partial charge in [-0.05, 0) is 45.4 Å². The average Bonchev–Trinajstić information content (AvgIpc) is 3.28. The minimum atomic E-state index is 0.392. The Morgan fingerprint density at radius 1 is 1.20 bits per heavy atom. The van der Waals surface area contributed by atoms with Crippen molar-refractivity contribution in [3.8, 4) is 0 Å². The van der Waals surface area contributed by atoms with Crippen LogP contribution < -0.4 is 5.32 Å². The van der Waals surface area contributed by atoms with E-state index in [1.807, 2.05) is 0 Å². The van der Waals surface area contributed by atoms with Crippen LogP contribution in [0.25, 0.3) is 0 Å². The molecule has 0 spiro atoms. The van der Waals surface area contributed by atoms with Crippen molar-refractivity contribution in [3.63, 3.8) is 0 Å². The average molecular weight is 280 g/mol. The van der Waals surface area contributed by atoms with Crippen LogP contribution >= 0.6 is 0 Å². The highest BCUT2D eigenvalue weighted by atomic mass is 15.3. The summed E-state index contributed by atoms with van der Waals surface area (Å²) < 4.78 is 0. The van der Waals surface area contributed by atoms with E-state index in [1.54, 1.807) is 0 Å². The highest BCUT2D eigenvalue weighted by molar-refractivity contribution is 5.04. The van der Waals surface area contributed by atoms with E-state index in [0.29, 0.717) is 5.54 Å². The van der Waals surface area contributed by atoms with E-state index < -0.39 is 0 Å². The molecule has 0 aromatic carbocycles. The van der Waals surface area contributed by atoms with Crippen LogP contribution in [0.5, 0.6) is 0 Å². The zero-order valence-electron chi connectivity index (χ0n) is 14.3. The molecule has 1 saturated heterocycles. The summed E-state index contributed by atoms with van der Waals surface area (Å²) in [6, 6.07) is 1.51. The Hall–Kier alpha value is -0.0800. The molecular weight excluding hydrogens is 244 g/mol.